The predicted molar refractivity (Wildman–Crippen MR) is 95.2 cm³/mol. The molecule has 3 heterocycles. The van der Waals surface area contributed by atoms with Crippen molar-refractivity contribution in [3.05, 3.63) is 78.5 Å². The van der Waals surface area contributed by atoms with Gasteiger partial charge in [-0.1, -0.05) is 24.3 Å². The largest absolute Gasteiger partial charge is 0.437 e. The zero-order chi connectivity index (χ0) is 16.9. The minimum absolute atomic E-state index is 0.270. The van der Waals surface area contributed by atoms with E-state index in [0.717, 1.165) is 37.4 Å². The van der Waals surface area contributed by atoms with Crippen LogP contribution in [0, 0.1) is 0 Å². The maximum Gasteiger partial charge on any atom is 0.238 e. The Morgan fingerprint density at radius 1 is 1.00 bits per heavy atom. The first-order valence-corrected chi connectivity index (χ1v) is 8.56. The van der Waals surface area contributed by atoms with Crippen molar-refractivity contribution in [3.63, 3.8) is 0 Å². The van der Waals surface area contributed by atoms with Gasteiger partial charge in [0.05, 0.1) is 24.1 Å². The molecule has 0 spiro atoms. The maximum atomic E-state index is 5.83. The molecule has 1 aliphatic rings. The number of ether oxygens (including phenoxy) is 1. The molecule has 0 amide bonds. The molecule has 1 atom stereocenters. The summed E-state index contributed by atoms with van der Waals surface area (Å²) < 4.78 is 5.83. The van der Waals surface area contributed by atoms with E-state index in [1.54, 1.807) is 12.4 Å². The third kappa shape index (κ3) is 3.83. The first kappa shape index (κ1) is 15.7. The number of hydrogen-bond acceptors (Lipinski definition) is 5. The van der Waals surface area contributed by atoms with Crippen LogP contribution in [0.4, 0.5) is 0 Å². The van der Waals surface area contributed by atoms with Gasteiger partial charge in [-0.25, -0.2) is 4.98 Å². The summed E-state index contributed by atoms with van der Waals surface area (Å²) >= 11 is 0. The molecule has 5 nitrogen and oxygen atoms in total. The zero-order valence-corrected chi connectivity index (χ0v) is 14.0. The van der Waals surface area contributed by atoms with Gasteiger partial charge in [-0.2, -0.15) is 0 Å². The highest BCUT2D eigenvalue weighted by atomic mass is 16.5. The van der Waals surface area contributed by atoms with Crippen molar-refractivity contribution in [2.75, 3.05) is 6.54 Å². The Hall–Kier alpha value is -2.79. The van der Waals surface area contributed by atoms with Crippen LogP contribution >= 0.6 is 0 Å². The smallest absolute Gasteiger partial charge is 0.238 e. The highest BCUT2D eigenvalue weighted by molar-refractivity contribution is 5.26. The van der Waals surface area contributed by atoms with Gasteiger partial charge in [0.15, 0.2) is 0 Å². The molecule has 3 aromatic rings. The van der Waals surface area contributed by atoms with E-state index < -0.39 is 0 Å². The molecule has 1 saturated heterocycles. The predicted octanol–water partition coefficient (Wildman–Crippen LogP) is 4.00. The second kappa shape index (κ2) is 7.40. The number of rotatable bonds is 5. The molecule has 0 bridgehead atoms. The third-order valence-corrected chi connectivity index (χ3v) is 4.41. The molecular weight excluding hydrogens is 312 g/mol. The van der Waals surface area contributed by atoms with Crippen LogP contribution in [0.5, 0.6) is 11.6 Å². The van der Waals surface area contributed by atoms with E-state index >= 15 is 0 Å². The molecule has 25 heavy (non-hydrogen) atoms. The Morgan fingerprint density at radius 3 is 2.76 bits per heavy atom. The van der Waals surface area contributed by atoms with Crippen LogP contribution < -0.4 is 4.74 Å². The van der Waals surface area contributed by atoms with Crippen LogP contribution in [-0.4, -0.2) is 26.4 Å². The van der Waals surface area contributed by atoms with Crippen LogP contribution in [0.2, 0.25) is 0 Å². The number of likely N-dealkylation sites (tertiary alicyclic amines) is 1. The number of aromatic nitrogens is 3. The zero-order valence-electron chi connectivity index (χ0n) is 14.0. The van der Waals surface area contributed by atoms with Crippen molar-refractivity contribution in [3.8, 4) is 11.6 Å². The SMILES string of the molecule is c1ccc(Oc2cncc(C3CCCN3Cc3cccnc3)n2)cc1. The van der Waals surface area contributed by atoms with E-state index in [4.69, 9.17) is 9.72 Å². The molecule has 0 radical (unpaired) electrons. The highest BCUT2D eigenvalue weighted by Gasteiger charge is 2.27. The monoisotopic (exact) mass is 332 g/mol. The topological polar surface area (TPSA) is 51.1 Å². The van der Waals surface area contributed by atoms with E-state index in [2.05, 4.69) is 20.9 Å². The maximum absolute atomic E-state index is 5.83. The molecule has 1 aromatic carbocycles. The molecule has 4 rings (SSSR count). The Balaban J connectivity index is 1.51. The summed E-state index contributed by atoms with van der Waals surface area (Å²) in [4.78, 5) is 15.7. The number of hydrogen-bond donors (Lipinski definition) is 0. The minimum atomic E-state index is 0.270. The quantitative estimate of drug-likeness (QED) is 0.707. The second-order valence-electron chi connectivity index (χ2n) is 6.19. The summed E-state index contributed by atoms with van der Waals surface area (Å²) in [6, 6.07) is 14.0. The lowest BCUT2D eigenvalue weighted by Gasteiger charge is -2.23. The van der Waals surface area contributed by atoms with Gasteiger partial charge in [0, 0.05) is 18.9 Å². The molecule has 0 N–H and O–H groups in total. The minimum Gasteiger partial charge on any atom is -0.437 e. The normalized spacial score (nSPS) is 17.5. The Kier molecular flexibility index (Phi) is 4.65. The lowest BCUT2D eigenvalue weighted by Crippen LogP contribution is -2.23. The lowest BCUT2D eigenvalue weighted by molar-refractivity contribution is 0.242. The number of benzene rings is 1. The first-order valence-electron chi connectivity index (χ1n) is 8.56. The van der Waals surface area contributed by atoms with Crippen molar-refractivity contribution in [2.45, 2.75) is 25.4 Å². The second-order valence-corrected chi connectivity index (χ2v) is 6.19. The van der Waals surface area contributed by atoms with Crippen LogP contribution in [0.3, 0.4) is 0 Å². The summed E-state index contributed by atoms with van der Waals surface area (Å²) in [5, 5.41) is 0. The fourth-order valence-corrected chi connectivity index (χ4v) is 3.26. The fourth-order valence-electron chi connectivity index (χ4n) is 3.26. The molecule has 2 aromatic heterocycles. The molecule has 1 fully saturated rings. The summed E-state index contributed by atoms with van der Waals surface area (Å²) in [5.41, 5.74) is 2.19. The van der Waals surface area contributed by atoms with Gasteiger partial charge in [0.25, 0.3) is 0 Å². The van der Waals surface area contributed by atoms with Crippen molar-refractivity contribution in [1.29, 1.82) is 0 Å². The van der Waals surface area contributed by atoms with Crippen LogP contribution in [0.1, 0.15) is 30.1 Å². The van der Waals surface area contributed by atoms with Gasteiger partial charge in [-0.05, 0) is 43.1 Å². The van der Waals surface area contributed by atoms with E-state index in [9.17, 15) is 0 Å². The first-order chi connectivity index (χ1) is 12.4. The summed E-state index contributed by atoms with van der Waals surface area (Å²) in [6.07, 6.45) is 9.50. The van der Waals surface area contributed by atoms with Gasteiger partial charge < -0.3 is 4.74 Å². The van der Waals surface area contributed by atoms with Gasteiger partial charge in [-0.15, -0.1) is 0 Å². The van der Waals surface area contributed by atoms with Crippen molar-refractivity contribution in [1.82, 2.24) is 19.9 Å². The standard InChI is InChI=1S/C20H20N4O/c1-2-7-17(8-3-1)25-20-14-22-13-18(23-20)19-9-5-11-24(19)15-16-6-4-10-21-12-16/h1-4,6-8,10,12-14,19H,5,9,11,15H2. The molecular formula is C20H20N4O. The third-order valence-electron chi connectivity index (χ3n) is 4.41. The number of nitrogens with zero attached hydrogens (tertiary/aromatic N) is 4. The summed E-state index contributed by atoms with van der Waals surface area (Å²) in [5.74, 6) is 1.31. The van der Waals surface area contributed by atoms with Crippen molar-refractivity contribution >= 4 is 0 Å². The molecule has 1 aliphatic heterocycles. The van der Waals surface area contributed by atoms with Gasteiger partial charge in [-0.3, -0.25) is 14.9 Å². The average Bonchev–Trinajstić information content (AvgIpc) is 3.12. The van der Waals surface area contributed by atoms with E-state index in [1.807, 2.05) is 48.8 Å². The van der Waals surface area contributed by atoms with E-state index in [1.165, 1.54) is 5.56 Å². The Labute approximate surface area is 147 Å². The molecule has 0 saturated carbocycles. The summed E-state index contributed by atoms with van der Waals surface area (Å²) in [7, 11) is 0. The lowest BCUT2D eigenvalue weighted by atomic mass is 10.1. The molecule has 5 heteroatoms. The van der Waals surface area contributed by atoms with E-state index in [-0.39, 0.29) is 6.04 Å². The Morgan fingerprint density at radius 2 is 1.92 bits per heavy atom. The average molecular weight is 332 g/mol. The van der Waals surface area contributed by atoms with Gasteiger partial charge >= 0.3 is 0 Å². The van der Waals surface area contributed by atoms with Crippen LogP contribution in [0.25, 0.3) is 0 Å². The molecule has 126 valence electrons. The van der Waals surface area contributed by atoms with Gasteiger partial charge in [0.1, 0.15) is 5.75 Å². The Bertz CT molecular complexity index is 810. The number of para-hydroxylation sites is 1. The fraction of sp³-hybridized carbons (Fsp3) is 0.250. The molecule has 0 aliphatic carbocycles. The van der Waals surface area contributed by atoms with Crippen molar-refractivity contribution in [2.24, 2.45) is 0 Å². The van der Waals surface area contributed by atoms with Crippen LogP contribution in [0.15, 0.2) is 67.3 Å². The van der Waals surface area contributed by atoms with Crippen molar-refractivity contribution < 1.29 is 4.74 Å². The highest BCUT2D eigenvalue weighted by Crippen LogP contribution is 2.32. The molecule has 1 unspecified atom stereocenters. The van der Waals surface area contributed by atoms with Gasteiger partial charge in [0.2, 0.25) is 5.88 Å². The van der Waals surface area contributed by atoms with E-state index in [0.29, 0.717) is 5.88 Å². The number of pyridine rings is 1. The van der Waals surface area contributed by atoms with Crippen LogP contribution in [-0.2, 0) is 6.54 Å². The summed E-state index contributed by atoms with van der Waals surface area (Å²) in [6.45, 7) is 1.94.